The van der Waals surface area contributed by atoms with Crippen LogP contribution in [0.15, 0.2) is 42.5 Å². The van der Waals surface area contributed by atoms with Gasteiger partial charge in [-0.05, 0) is 37.5 Å². The molecule has 0 aromatic heterocycles. The van der Waals surface area contributed by atoms with Crippen molar-refractivity contribution < 1.29 is 13.2 Å². The molecule has 134 valence electrons. The zero-order valence-corrected chi connectivity index (χ0v) is 16.1. The minimum Gasteiger partial charge on any atom is -0.341 e. The SMILES string of the molecule is Cc1ccc(CN(C)C(=O)CS(=O)(=O)Cc2cc(C)ccc2C)cc1. The molecule has 5 heteroatoms. The van der Waals surface area contributed by atoms with Gasteiger partial charge >= 0.3 is 0 Å². The third kappa shape index (κ3) is 5.71. The van der Waals surface area contributed by atoms with Gasteiger partial charge in [-0.3, -0.25) is 4.79 Å². The van der Waals surface area contributed by atoms with Gasteiger partial charge in [-0.25, -0.2) is 8.42 Å². The molecule has 0 aliphatic rings. The van der Waals surface area contributed by atoms with Gasteiger partial charge in [-0.15, -0.1) is 0 Å². The van der Waals surface area contributed by atoms with E-state index in [1.165, 1.54) is 4.90 Å². The van der Waals surface area contributed by atoms with Crippen LogP contribution in [0.25, 0.3) is 0 Å². The Balaban J connectivity index is 2.02. The van der Waals surface area contributed by atoms with E-state index in [9.17, 15) is 13.2 Å². The minimum absolute atomic E-state index is 0.107. The summed E-state index contributed by atoms with van der Waals surface area (Å²) in [5.74, 6) is -0.959. The third-order valence-electron chi connectivity index (χ3n) is 4.19. The average Bonchev–Trinajstić information content (AvgIpc) is 2.52. The number of nitrogens with zero attached hydrogens (tertiary/aromatic N) is 1. The Morgan fingerprint density at radius 1 is 0.960 bits per heavy atom. The van der Waals surface area contributed by atoms with Crippen LogP contribution in [0.4, 0.5) is 0 Å². The maximum absolute atomic E-state index is 12.4. The van der Waals surface area contributed by atoms with Crippen molar-refractivity contribution in [2.24, 2.45) is 0 Å². The van der Waals surface area contributed by atoms with Crippen LogP contribution < -0.4 is 0 Å². The zero-order valence-electron chi connectivity index (χ0n) is 15.2. The smallest absolute Gasteiger partial charge is 0.237 e. The van der Waals surface area contributed by atoms with Crippen molar-refractivity contribution in [2.45, 2.75) is 33.1 Å². The summed E-state index contributed by atoms with van der Waals surface area (Å²) in [6.45, 7) is 6.21. The summed E-state index contributed by atoms with van der Waals surface area (Å²) < 4.78 is 24.9. The van der Waals surface area contributed by atoms with Gasteiger partial charge in [-0.2, -0.15) is 0 Å². The van der Waals surface area contributed by atoms with Crippen LogP contribution >= 0.6 is 0 Å². The van der Waals surface area contributed by atoms with Crippen LogP contribution in [0.5, 0.6) is 0 Å². The summed E-state index contributed by atoms with van der Waals surface area (Å²) in [4.78, 5) is 13.8. The fourth-order valence-corrected chi connectivity index (χ4v) is 4.08. The molecule has 0 fully saturated rings. The molecule has 25 heavy (non-hydrogen) atoms. The number of sulfone groups is 1. The molecule has 0 atom stereocenters. The van der Waals surface area contributed by atoms with Crippen molar-refractivity contribution in [2.75, 3.05) is 12.8 Å². The number of carbonyl (C=O) groups excluding carboxylic acids is 1. The molecule has 0 saturated heterocycles. The average molecular weight is 359 g/mol. The van der Waals surface area contributed by atoms with Crippen LogP contribution in [0.1, 0.15) is 27.8 Å². The molecule has 0 heterocycles. The fourth-order valence-electron chi connectivity index (χ4n) is 2.60. The molecular formula is C20H25NO3S. The van der Waals surface area contributed by atoms with Crippen molar-refractivity contribution in [3.8, 4) is 0 Å². The monoisotopic (exact) mass is 359 g/mol. The van der Waals surface area contributed by atoms with Crippen molar-refractivity contribution in [3.63, 3.8) is 0 Å². The van der Waals surface area contributed by atoms with E-state index >= 15 is 0 Å². The summed E-state index contributed by atoms with van der Waals surface area (Å²) >= 11 is 0. The van der Waals surface area contributed by atoms with Gasteiger partial charge in [0.15, 0.2) is 9.84 Å². The van der Waals surface area contributed by atoms with E-state index in [4.69, 9.17) is 0 Å². The van der Waals surface area contributed by atoms with Gasteiger partial charge in [-0.1, -0.05) is 53.6 Å². The Morgan fingerprint density at radius 3 is 2.20 bits per heavy atom. The van der Waals surface area contributed by atoms with Gasteiger partial charge < -0.3 is 4.90 Å². The molecular weight excluding hydrogens is 334 g/mol. The first-order valence-corrected chi connectivity index (χ1v) is 10.0. The van der Waals surface area contributed by atoms with E-state index < -0.39 is 15.6 Å². The number of benzene rings is 2. The van der Waals surface area contributed by atoms with Crippen LogP contribution in [0, 0.1) is 20.8 Å². The van der Waals surface area contributed by atoms with Crippen LogP contribution in [-0.4, -0.2) is 32.0 Å². The standard InChI is InChI=1S/C20H25NO3S/c1-15-6-9-18(10-7-15)12-21(4)20(22)14-25(23,24)13-19-11-16(2)5-8-17(19)3/h5-11H,12-14H2,1-4H3. The van der Waals surface area contributed by atoms with Gasteiger partial charge in [0, 0.05) is 13.6 Å². The second-order valence-corrected chi connectivity index (χ2v) is 8.76. The largest absolute Gasteiger partial charge is 0.341 e. The van der Waals surface area contributed by atoms with Gasteiger partial charge in [0.1, 0.15) is 5.75 Å². The predicted octanol–water partition coefficient (Wildman–Crippen LogP) is 3.19. The maximum atomic E-state index is 12.4. The first kappa shape index (κ1) is 19.2. The number of hydrogen-bond donors (Lipinski definition) is 0. The molecule has 0 aliphatic carbocycles. The molecule has 1 amide bonds. The molecule has 2 aromatic carbocycles. The van der Waals surface area contributed by atoms with Crippen molar-refractivity contribution in [1.29, 1.82) is 0 Å². The van der Waals surface area contributed by atoms with E-state index in [0.717, 1.165) is 27.8 Å². The number of carbonyl (C=O) groups is 1. The highest BCUT2D eigenvalue weighted by atomic mass is 32.2. The minimum atomic E-state index is -3.51. The first-order valence-electron chi connectivity index (χ1n) is 8.22. The molecule has 0 bridgehead atoms. The van der Waals surface area contributed by atoms with Crippen molar-refractivity contribution >= 4 is 15.7 Å². The van der Waals surface area contributed by atoms with Crippen molar-refractivity contribution in [1.82, 2.24) is 4.90 Å². The lowest BCUT2D eigenvalue weighted by Crippen LogP contribution is -2.32. The van der Waals surface area contributed by atoms with E-state index in [1.54, 1.807) is 7.05 Å². The number of amides is 1. The van der Waals surface area contributed by atoms with E-state index in [2.05, 4.69) is 0 Å². The molecule has 0 spiro atoms. The topological polar surface area (TPSA) is 54.5 Å². The van der Waals surface area contributed by atoms with Crippen LogP contribution in [-0.2, 0) is 26.9 Å². The summed E-state index contributed by atoms with van der Waals surface area (Å²) in [7, 11) is -1.87. The lowest BCUT2D eigenvalue weighted by atomic mass is 10.1. The van der Waals surface area contributed by atoms with E-state index in [0.29, 0.717) is 6.54 Å². The maximum Gasteiger partial charge on any atom is 0.237 e. The Morgan fingerprint density at radius 2 is 1.56 bits per heavy atom. The second kappa shape index (κ2) is 7.83. The van der Waals surface area contributed by atoms with Crippen LogP contribution in [0.3, 0.4) is 0 Å². The van der Waals surface area contributed by atoms with Crippen LogP contribution in [0.2, 0.25) is 0 Å². The summed E-state index contributed by atoms with van der Waals surface area (Å²) in [6.07, 6.45) is 0. The zero-order chi connectivity index (χ0) is 18.6. The number of aryl methyl sites for hydroxylation is 3. The molecule has 2 rings (SSSR count). The first-order chi connectivity index (χ1) is 11.7. The lowest BCUT2D eigenvalue weighted by Gasteiger charge is -2.18. The summed E-state index contributed by atoms with van der Waals surface area (Å²) in [5.41, 5.74) is 4.82. The summed E-state index contributed by atoms with van der Waals surface area (Å²) in [6, 6.07) is 13.6. The fraction of sp³-hybridized carbons (Fsp3) is 0.350. The Kier molecular flexibility index (Phi) is 6.01. The second-order valence-electron chi connectivity index (χ2n) is 6.70. The molecule has 0 unspecified atom stereocenters. The molecule has 2 aromatic rings. The number of rotatable bonds is 6. The van der Waals surface area contributed by atoms with Crippen molar-refractivity contribution in [3.05, 3.63) is 70.3 Å². The van der Waals surface area contributed by atoms with E-state index in [-0.39, 0.29) is 11.7 Å². The Hall–Kier alpha value is -2.14. The predicted molar refractivity (Wildman–Crippen MR) is 101 cm³/mol. The quantitative estimate of drug-likeness (QED) is 0.796. The highest BCUT2D eigenvalue weighted by Gasteiger charge is 2.21. The lowest BCUT2D eigenvalue weighted by molar-refractivity contribution is -0.127. The molecule has 0 saturated carbocycles. The normalized spacial score (nSPS) is 11.4. The molecule has 0 radical (unpaired) electrons. The Bertz CT molecular complexity index is 855. The van der Waals surface area contributed by atoms with Gasteiger partial charge in [0.05, 0.1) is 5.75 Å². The molecule has 4 nitrogen and oxygen atoms in total. The highest BCUT2D eigenvalue weighted by molar-refractivity contribution is 7.91. The third-order valence-corrected chi connectivity index (χ3v) is 5.63. The molecule has 0 N–H and O–H groups in total. The van der Waals surface area contributed by atoms with E-state index in [1.807, 2.05) is 63.2 Å². The molecule has 0 aliphatic heterocycles. The Labute approximate surface area is 150 Å². The highest BCUT2D eigenvalue weighted by Crippen LogP contribution is 2.15. The van der Waals surface area contributed by atoms with Gasteiger partial charge in [0.25, 0.3) is 0 Å². The number of hydrogen-bond acceptors (Lipinski definition) is 3. The van der Waals surface area contributed by atoms with Gasteiger partial charge in [0.2, 0.25) is 5.91 Å². The summed E-state index contributed by atoms with van der Waals surface area (Å²) in [5, 5.41) is 0.